The van der Waals surface area contributed by atoms with Gasteiger partial charge in [-0.05, 0) is 38.4 Å². The molecule has 5 nitrogen and oxygen atoms in total. The molecular weight excluding hydrogens is 415 g/mol. The Morgan fingerprint density at radius 1 is 1.29 bits per heavy atom. The molecule has 136 valence electrons. The van der Waals surface area contributed by atoms with Gasteiger partial charge in [0, 0.05) is 25.2 Å². The number of benzene rings is 1. The van der Waals surface area contributed by atoms with Gasteiger partial charge in [0.2, 0.25) is 0 Å². The molecule has 0 aliphatic carbocycles. The predicted octanol–water partition coefficient (Wildman–Crippen LogP) is 2.71. The maximum atomic E-state index is 5.39. The van der Waals surface area contributed by atoms with Gasteiger partial charge in [-0.25, -0.2) is 4.99 Å². The second kappa shape index (κ2) is 11.5. The molecule has 1 aliphatic rings. The third-order valence-corrected chi connectivity index (χ3v) is 4.32. The minimum atomic E-state index is 0. The minimum absolute atomic E-state index is 0. The summed E-state index contributed by atoms with van der Waals surface area (Å²) in [6.45, 7) is 10.3. The highest BCUT2D eigenvalue weighted by Gasteiger charge is 2.20. The van der Waals surface area contributed by atoms with E-state index in [1.54, 1.807) is 7.11 Å². The van der Waals surface area contributed by atoms with E-state index < -0.39 is 0 Å². The van der Waals surface area contributed by atoms with Crippen LogP contribution in [0.15, 0.2) is 29.3 Å². The summed E-state index contributed by atoms with van der Waals surface area (Å²) in [4.78, 5) is 7.20. The zero-order valence-electron chi connectivity index (χ0n) is 15.0. The molecule has 1 aromatic carbocycles. The molecule has 0 saturated carbocycles. The molecule has 1 saturated heterocycles. The molecule has 0 spiro atoms. The first kappa shape index (κ1) is 21.0. The van der Waals surface area contributed by atoms with Crippen LogP contribution in [0.1, 0.15) is 25.8 Å². The van der Waals surface area contributed by atoms with Crippen molar-refractivity contribution in [1.82, 2.24) is 15.5 Å². The van der Waals surface area contributed by atoms with Gasteiger partial charge in [-0.15, -0.1) is 24.0 Å². The maximum absolute atomic E-state index is 5.39. The third kappa shape index (κ3) is 6.47. The molecule has 0 amide bonds. The number of hydrogen-bond acceptors (Lipinski definition) is 3. The van der Waals surface area contributed by atoms with E-state index in [9.17, 15) is 0 Å². The standard InChI is InChI=1S/C18H30N4O.HI/c1-4-19-18(20-12-15-10-11-22(5-2)14-15)21-13-16-8-6-7-9-17(16)23-3;/h6-9,15H,4-5,10-14H2,1-3H3,(H2,19,20,21);1H. The highest BCUT2D eigenvalue weighted by molar-refractivity contribution is 14.0. The van der Waals surface area contributed by atoms with Crippen molar-refractivity contribution < 1.29 is 4.74 Å². The normalized spacial score (nSPS) is 18.1. The van der Waals surface area contributed by atoms with Gasteiger partial charge < -0.3 is 20.3 Å². The maximum Gasteiger partial charge on any atom is 0.191 e. The van der Waals surface area contributed by atoms with Crippen LogP contribution in [0.3, 0.4) is 0 Å². The lowest BCUT2D eigenvalue weighted by molar-refractivity contribution is 0.342. The van der Waals surface area contributed by atoms with Gasteiger partial charge in [-0.2, -0.15) is 0 Å². The second-order valence-corrected chi connectivity index (χ2v) is 5.94. The summed E-state index contributed by atoms with van der Waals surface area (Å²) in [5, 5.41) is 6.81. The zero-order valence-corrected chi connectivity index (χ0v) is 17.4. The molecule has 1 aliphatic heterocycles. The van der Waals surface area contributed by atoms with Crippen LogP contribution in [-0.4, -0.2) is 50.7 Å². The number of hydrogen-bond donors (Lipinski definition) is 2. The lowest BCUT2D eigenvalue weighted by Gasteiger charge is -2.16. The van der Waals surface area contributed by atoms with E-state index in [1.807, 2.05) is 18.2 Å². The molecule has 2 N–H and O–H groups in total. The van der Waals surface area contributed by atoms with E-state index >= 15 is 0 Å². The van der Waals surface area contributed by atoms with Gasteiger partial charge in [-0.3, -0.25) is 0 Å². The van der Waals surface area contributed by atoms with Crippen molar-refractivity contribution >= 4 is 29.9 Å². The lowest BCUT2D eigenvalue weighted by Crippen LogP contribution is -2.40. The average Bonchev–Trinajstić information content (AvgIpc) is 3.05. The van der Waals surface area contributed by atoms with E-state index in [4.69, 9.17) is 9.73 Å². The number of ether oxygens (including phenoxy) is 1. The molecule has 0 bridgehead atoms. The van der Waals surface area contributed by atoms with Crippen LogP contribution in [0.25, 0.3) is 0 Å². The van der Waals surface area contributed by atoms with Gasteiger partial charge in [0.15, 0.2) is 5.96 Å². The largest absolute Gasteiger partial charge is 0.496 e. The fraction of sp³-hybridized carbons (Fsp3) is 0.611. The first-order chi connectivity index (χ1) is 11.3. The quantitative estimate of drug-likeness (QED) is 0.384. The number of likely N-dealkylation sites (tertiary alicyclic amines) is 1. The topological polar surface area (TPSA) is 48.9 Å². The van der Waals surface area contributed by atoms with Crippen molar-refractivity contribution in [2.45, 2.75) is 26.8 Å². The zero-order chi connectivity index (χ0) is 16.5. The van der Waals surface area contributed by atoms with Gasteiger partial charge in [0.1, 0.15) is 5.75 Å². The Kier molecular flexibility index (Phi) is 10.1. The van der Waals surface area contributed by atoms with E-state index in [1.165, 1.54) is 19.5 Å². The van der Waals surface area contributed by atoms with Crippen molar-refractivity contribution in [3.8, 4) is 5.75 Å². The van der Waals surface area contributed by atoms with Crippen molar-refractivity contribution in [3.63, 3.8) is 0 Å². The van der Waals surface area contributed by atoms with Crippen LogP contribution >= 0.6 is 24.0 Å². The first-order valence-corrected chi connectivity index (χ1v) is 8.63. The molecule has 2 rings (SSSR count). The van der Waals surface area contributed by atoms with Crippen LogP contribution < -0.4 is 15.4 Å². The molecule has 1 unspecified atom stereocenters. The van der Waals surface area contributed by atoms with Crippen molar-refractivity contribution in [1.29, 1.82) is 0 Å². The molecule has 1 aromatic rings. The van der Waals surface area contributed by atoms with Gasteiger partial charge in [0.25, 0.3) is 0 Å². The third-order valence-electron chi connectivity index (χ3n) is 4.32. The fourth-order valence-corrected chi connectivity index (χ4v) is 2.95. The van der Waals surface area contributed by atoms with E-state index in [0.717, 1.165) is 36.9 Å². The molecule has 24 heavy (non-hydrogen) atoms. The molecule has 1 heterocycles. The Morgan fingerprint density at radius 3 is 2.75 bits per heavy atom. The summed E-state index contributed by atoms with van der Waals surface area (Å²) in [5.74, 6) is 2.49. The number of guanidine groups is 1. The Balaban J connectivity index is 0.00000288. The SMILES string of the molecule is CCNC(=NCc1ccccc1OC)NCC1CCN(CC)C1.I. The molecule has 0 aromatic heterocycles. The summed E-state index contributed by atoms with van der Waals surface area (Å²) in [5.41, 5.74) is 1.10. The van der Waals surface area contributed by atoms with Crippen LogP contribution in [0.5, 0.6) is 5.75 Å². The fourth-order valence-electron chi connectivity index (χ4n) is 2.95. The highest BCUT2D eigenvalue weighted by atomic mass is 127. The second-order valence-electron chi connectivity index (χ2n) is 5.94. The van der Waals surface area contributed by atoms with Crippen LogP contribution in [-0.2, 0) is 6.54 Å². The first-order valence-electron chi connectivity index (χ1n) is 8.63. The summed E-state index contributed by atoms with van der Waals surface area (Å²) in [6, 6.07) is 8.03. The number of nitrogens with one attached hydrogen (secondary N) is 2. The Morgan fingerprint density at radius 2 is 2.08 bits per heavy atom. The summed E-state index contributed by atoms with van der Waals surface area (Å²) in [7, 11) is 1.70. The van der Waals surface area contributed by atoms with E-state index in [2.05, 4.69) is 35.4 Å². The molecule has 1 fully saturated rings. The number of halogens is 1. The number of para-hydroxylation sites is 1. The molecular formula is C18H31IN4O. The molecule has 1 atom stereocenters. The summed E-state index contributed by atoms with van der Waals surface area (Å²) < 4.78 is 5.39. The van der Waals surface area contributed by atoms with Crippen LogP contribution in [0.4, 0.5) is 0 Å². The molecule has 6 heteroatoms. The predicted molar refractivity (Wildman–Crippen MR) is 111 cm³/mol. The lowest BCUT2D eigenvalue weighted by atomic mass is 10.1. The highest BCUT2D eigenvalue weighted by Crippen LogP contribution is 2.18. The number of aliphatic imine (C=N–C) groups is 1. The Labute approximate surface area is 163 Å². The number of nitrogens with zero attached hydrogens (tertiary/aromatic N) is 2. The smallest absolute Gasteiger partial charge is 0.191 e. The van der Waals surface area contributed by atoms with Crippen molar-refractivity contribution in [2.75, 3.05) is 39.8 Å². The van der Waals surface area contributed by atoms with Crippen LogP contribution in [0, 0.1) is 5.92 Å². The van der Waals surface area contributed by atoms with E-state index in [0.29, 0.717) is 12.5 Å². The van der Waals surface area contributed by atoms with Crippen molar-refractivity contribution in [3.05, 3.63) is 29.8 Å². The Bertz CT molecular complexity index is 510. The van der Waals surface area contributed by atoms with Gasteiger partial charge >= 0.3 is 0 Å². The minimum Gasteiger partial charge on any atom is -0.496 e. The van der Waals surface area contributed by atoms with Gasteiger partial charge in [-0.1, -0.05) is 25.1 Å². The van der Waals surface area contributed by atoms with Crippen LogP contribution in [0.2, 0.25) is 0 Å². The monoisotopic (exact) mass is 446 g/mol. The van der Waals surface area contributed by atoms with Crippen molar-refractivity contribution in [2.24, 2.45) is 10.9 Å². The average molecular weight is 446 g/mol. The number of methoxy groups -OCH3 is 1. The van der Waals surface area contributed by atoms with E-state index in [-0.39, 0.29) is 24.0 Å². The summed E-state index contributed by atoms with van der Waals surface area (Å²) in [6.07, 6.45) is 1.27. The summed E-state index contributed by atoms with van der Waals surface area (Å²) >= 11 is 0. The molecule has 0 radical (unpaired) electrons. The Hall–Kier alpha value is -1.02. The number of rotatable bonds is 7. The van der Waals surface area contributed by atoms with Gasteiger partial charge in [0.05, 0.1) is 13.7 Å².